The molecule has 1 aromatic heterocycles. The molecular formula is C11H19N3O. The summed E-state index contributed by atoms with van der Waals surface area (Å²) >= 11 is 0. The molecular weight excluding hydrogens is 190 g/mol. The fourth-order valence-electron chi connectivity index (χ4n) is 2.29. The van der Waals surface area contributed by atoms with E-state index in [1.54, 1.807) is 0 Å². The van der Waals surface area contributed by atoms with Crippen LogP contribution in [0.4, 0.5) is 0 Å². The van der Waals surface area contributed by atoms with Crippen molar-refractivity contribution in [1.29, 1.82) is 0 Å². The average molecular weight is 209 g/mol. The number of nitrogens with zero attached hydrogens (tertiary/aromatic N) is 2. The van der Waals surface area contributed by atoms with E-state index in [0.717, 1.165) is 24.7 Å². The number of rotatable bonds is 4. The van der Waals surface area contributed by atoms with Gasteiger partial charge in [-0.2, -0.15) is 4.98 Å². The molecule has 0 radical (unpaired) electrons. The maximum Gasteiger partial charge on any atom is 0.213 e. The number of aromatic nitrogens is 2. The first-order valence-corrected chi connectivity index (χ1v) is 5.85. The quantitative estimate of drug-likeness (QED) is 0.821. The van der Waals surface area contributed by atoms with Crippen molar-refractivity contribution in [3.63, 3.8) is 0 Å². The Balaban J connectivity index is 1.68. The van der Waals surface area contributed by atoms with E-state index in [1.807, 2.05) is 0 Å². The molecule has 1 aliphatic rings. The summed E-state index contributed by atoms with van der Waals surface area (Å²) in [6.07, 6.45) is 7.68. The monoisotopic (exact) mass is 209 g/mol. The second-order valence-electron chi connectivity index (χ2n) is 4.42. The Morgan fingerprint density at radius 1 is 1.47 bits per heavy atom. The Labute approximate surface area is 90.4 Å². The van der Waals surface area contributed by atoms with E-state index in [4.69, 9.17) is 0 Å². The van der Waals surface area contributed by atoms with Gasteiger partial charge in [0, 0.05) is 19.0 Å². The van der Waals surface area contributed by atoms with Crippen LogP contribution in [0.3, 0.4) is 0 Å². The van der Waals surface area contributed by atoms with E-state index in [1.165, 1.54) is 32.1 Å². The minimum absolute atomic E-state index is 0.686. The van der Waals surface area contributed by atoms with Gasteiger partial charge in [0.15, 0.2) is 5.82 Å². The molecule has 0 amide bonds. The van der Waals surface area contributed by atoms with Gasteiger partial charge in [0.25, 0.3) is 0 Å². The van der Waals surface area contributed by atoms with Crippen molar-refractivity contribution in [2.45, 2.75) is 45.1 Å². The summed E-state index contributed by atoms with van der Waals surface area (Å²) in [5, 5.41) is 7.38. The van der Waals surface area contributed by atoms with Crippen LogP contribution in [0.15, 0.2) is 10.9 Å². The first kappa shape index (κ1) is 10.6. The van der Waals surface area contributed by atoms with E-state index in [9.17, 15) is 0 Å². The van der Waals surface area contributed by atoms with Crippen LogP contribution in [0.1, 0.15) is 38.4 Å². The molecule has 1 fully saturated rings. The van der Waals surface area contributed by atoms with Crippen molar-refractivity contribution in [3.8, 4) is 0 Å². The van der Waals surface area contributed by atoms with Crippen LogP contribution in [-0.4, -0.2) is 22.7 Å². The van der Waals surface area contributed by atoms with E-state index in [-0.39, 0.29) is 0 Å². The van der Waals surface area contributed by atoms with Crippen molar-refractivity contribution < 1.29 is 4.52 Å². The molecule has 0 spiro atoms. The Morgan fingerprint density at radius 3 is 3.07 bits per heavy atom. The fourth-order valence-corrected chi connectivity index (χ4v) is 2.29. The third-order valence-electron chi connectivity index (χ3n) is 3.27. The lowest BCUT2D eigenvalue weighted by Crippen LogP contribution is -2.38. The molecule has 2 rings (SSSR count). The SMILES string of the molecule is CC1CCCCC1NCCc1ncon1. The average Bonchev–Trinajstić information content (AvgIpc) is 2.74. The first-order valence-electron chi connectivity index (χ1n) is 5.85. The van der Waals surface area contributed by atoms with Crippen LogP contribution in [0.5, 0.6) is 0 Å². The summed E-state index contributed by atoms with van der Waals surface area (Å²) in [4.78, 5) is 4.00. The zero-order valence-corrected chi connectivity index (χ0v) is 9.28. The fraction of sp³-hybridized carbons (Fsp3) is 0.818. The van der Waals surface area contributed by atoms with Gasteiger partial charge in [-0.05, 0) is 18.8 Å². The third kappa shape index (κ3) is 3.02. The highest BCUT2D eigenvalue weighted by Crippen LogP contribution is 2.23. The lowest BCUT2D eigenvalue weighted by atomic mass is 9.86. The summed E-state index contributed by atoms with van der Waals surface area (Å²) < 4.78 is 4.69. The molecule has 0 saturated heterocycles. The Hall–Kier alpha value is -0.900. The molecule has 1 aliphatic carbocycles. The number of hydrogen-bond acceptors (Lipinski definition) is 4. The van der Waals surface area contributed by atoms with Crippen molar-refractivity contribution in [2.24, 2.45) is 5.92 Å². The van der Waals surface area contributed by atoms with Crippen molar-refractivity contribution in [3.05, 3.63) is 12.2 Å². The molecule has 0 aromatic carbocycles. The van der Waals surface area contributed by atoms with Crippen LogP contribution in [-0.2, 0) is 6.42 Å². The second-order valence-corrected chi connectivity index (χ2v) is 4.42. The molecule has 84 valence electrons. The Morgan fingerprint density at radius 2 is 2.33 bits per heavy atom. The van der Waals surface area contributed by atoms with Gasteiger partial charge in [-0.1, -0.05) is 24.9 Å². The molecule has 1 aromatic rings. The number of hydrogen-bond donors (Lipinski definition) is 1. The van der Waals surface area contributed by atoms with Gasteiger partial charge in [-0.25, -0.2) is 0 Å². The van der Waals surface area contributed by atoms with Gasteiger partial charge < -0.3 is 9.84 Å². The molecule has 1 heterocycles. The van der Waals surface area contributed by atoms with Gasteiger partial charge in [0.2, 0.25) is 6.39 Å². The summed E-state index contributed by atoms with van der Waals surface area (Å²) in [6, 6.07) is 0.686. The lowest BCUT2D eigenvalue weighted by molar-refractivity contribution is 0.281. The summed E-state index contributed by atoms with van der Waals surface area (Å²) in [5.41, 5.74) is 0. The van der Waals surface area contributed by atoms with Gasteiger partial charge >= 0.3 is 0 Å². The molecule has 15 heavy (non-hydrogen) atoms. The zero-order valence-electron chi connectivity index (χ0n) is 9.28. The van der Waals surface area contributed by atoms with E-state index < -0.39 is 0 Å². The van der Waals surface area contributed by atoms with E-state index in [2.05, 4.69) is 26.9 Å². The van der Waals surface area contributed by atoms with Gasteiger partial charge in [0.05, 0.1) is 0 Å². The maximum atomic E-state index is 4.69. The highest BCUT2D eigenvalue weighted by molar-refractivity contribution is 4.82. The van der Waals surface area contributed by atoms with E-state index >= 15 is 0 Å². The molecule has 1 N–H and O–H groups in total. The molecule has 0 aliphatic heterocycles. The Kier molecular flexibility index (Phi) is 3.72. The van der Waals surface area contributed by atoms with Gasteiger partial charge in [0.1, 0.15) is 0 Å². The van der Waals surface area contributed by atoms with Crippen LogP contribution in [0.2, 0.25) is 0 Å². The largest absolute Gasteiger partial charge is 0.343 e. The molecule has 4 heteroatoms. The van der Waals surface area contributed by atoms with Crippen molar-refractivity contribution >= 4 is 0 Å². The first-order chi connectivity index (χ1) is 7.36. The minimum Gasteiger partial charge on any atom is -0.343 e. The molecule has 2 atom stereocenters. The van der Waals surface area contributed by atoms with Crippen LogP contribution < -0.4 is 5.32 Å². The van der Waals surface area contributed by atoms with Crippen molar-refractivity contribution in [1.82, 2.24) is 15.5 Å². The van der Waals surface area contributed by atoms with Crippen LogP contribution in [0.25, 0.3) is 0 Å². The van der Waals surface area contributed by atoms with Crippen molar-refractivity contribution in [2.75, 3.05) is 6.54 Å². The number of nitrogens with one attached hydrogen (secondary N) is 1. The van der Waals surface area contributed by atoms with Crippen LogP contribution >= 0.6 is 0 Å². The highest BCUT2D eigenvalue weighted by atomic mass is 16.5. The molecule has 2 unspecified atom stereocenters. The third-order valence-corrected chi connectivity index (χ3v) is 3.27. The van der Waals surface area contributed by atoms with E-state index in [0.29, 0.717) is 6.04 Å². The van der Waals surface area contributed by atoms with Gasteiger partial charge in [-0.15, -0.1) is 0 Å². The summed E-state index contributed by atoms with van der Waals surface area (Å²) in [7, 11) is 0. The second kappa shape index (κ2) is 5.26. The highest BCUT2D eigenvalue weighted by Gasteiger charge is 2.20. The topological polar surface area (TPSA) is 51.0 Å². The molecule has 0 bridgehead atoms. The summed E-state index contributed by atoms with van der Waals surface area (Å²) in [6.45, 7) is 3.29. The predicted molar refractivity (Wildman–Crippen MR) is 57.4 cm³/mol. The smallest absolute Gasteiger partial charge is 0.213 e. The normalized spacial score (nSPS) is 26.7. The predicted octanol–water partition coefficient (Wildman–Crippen LogP) is 1.78. The van der Waals surface area contributed by atoms with Gasteiger partial charge in [-0.3, -0.25) is 0 Å². The molecule has 1 saturated carbocycles. The van der Waals surface area contributed by atoms with Crippen LogP contribution in [0, 0.1) is 5.92 Å². The summed E-state index contributed by atoms with van der Waals surface area (Å²) in [5.74, 6) is 1.61. The Bertz CT molecular complexity index is 273. The maximum absolute atomic E-state index is 4.69. The minimum atomic E-state index is 0.686. The zero-order chi connectivity index (χ0) is 10.5. The lowest BCUT2D eigenvalue weighted by Gasteiger charge is -2.29. The molecule has 4 nitrogen and oxygen atoms in total. The standard InChI is InChI=1S/C11H19N3O/c1-9-4-2-3-5-10(9)12-7-6-11-13-8-15-14-11/h8-10,12H,2-7H2,1H3.